The maximum atomic E-state index is 13.8. The van der Waals surface area contributed by atoms with Crippen LogP contribution in [0.3, 0.4) is 0 Å². The first-order valence-electron chi connectivity index (χ1n) is 8.13. The molecule has 0 bridgehead atoms. The van der Waals surface area contributed by atoms with Crippen LogP contribution in [0.5, 0.6) is 5.88 Å². The van der Waals surface area contributed by atoms with Crippen molar-refractivity contribution < 1.29 is 13.9 Å². The van der Waals surface area contributed by atoms with Gasteiger partial charge < -0.3 is 4.74 Å². The lowest BCUT2D eigenvalue weighted by molar-refractivity contribution is 0.0718. The molecule has 4 nitrogen and oxygen atoms in total. The van der Waals surface area contributed by atoms with Crippen LogP contribution in [0.25, 0.3) is 5.69 Å². The lowest BCUT2D eigenvalue weighted by Gasteiger charge is -2.11. The third-order valence-corrected chi connectivity index (χ3v) is 3.96. The van der Waals surface area contributed by atoms with Crippen molar-refractivity contribution in [3.05, 3.63) is 76.7 Å². The molecule has 128 valence electrons. The van der Waals surface area contributed by atoms with Crippen LogP contribution in [0, 0.1) is 19.7 Å². The van der Waals surface area contributed by atoms with Crippen molar-refractivity contribution in [2.75, 3.05) is 0 Å². The second-order valence-electron chi connectivity index (χ2n) is 5.90. The van der Waals surface area contributed by atoms with Gasteiger partial charge in [-0.2, -0.15) is 5.10 Å². The number of aromatic nitrogens is 2. The molecule has 0 saturated heterocycles. The minimum atomic E-state index is -0.744. The third-order valence-electron chi connectivity index (χ3n) is 3.96. The Morgan fingerprint density at radius 3 is 2.60 bits per heavy atom. The maximum absolute atomic E-state index is 13.8. The first-order chi connectivity index (χ1) is 12.0. The van der Waals surface area contributed by atoms with Crippen LogP contribution in [-0.4, -0.2) is 15.7 Å². The quantitative estimate of drug-likeness (QED) is 0.662. The van der Waals surface area contributed by atoms with Gasteiger partial charge >= 0.3 is 5.97 Å². The molecule has 0 aliphatic heterocycles. The zero-order valence-corrected chi connectivity index (χ0v) is 14.4. The average molecular weight is 338 g/mol. The molecule has 1 heterocycles. The van der Waals surface area contributed by atoms with Crippen molar-refractivity contribution >= 4 is 5.97 Å². The van der Waals surface area contributed by atoms with Crippen LogP contribution >= 0.6 is 0 Å². The van der Waals surface area contributed by atoms with Crippen LogP contribution in [-0.2, 0) is 6.42 Å². The third kappa shape index (κ3) is 3.45. The largest absolute Gasteiger partial charge is 0.404 e. The van der Waals surface area contributed by atoms with Crippen molar-refractivity contribution in [1.29, 1.82) is 0 Å². The van der Waals surface area contributed by atoms with Gasteiger partial charge in [0.25, 0.3) is 0 Å². The van der Waals surface area contributed by atoms with Gasteiger partial charge in [0.05, 0.1) is 16.9 Å². The Labute approximate surface area is 145 Å². The van der Waals surface area contributed by atoms with Gasteiger partial charge in [-0.1, -0.05) is 36.8 Å². The Kier molecular flexibility index (Phi) is 4.65. The van der Waals surface area contributed by atoms with Gasteiger partial charge in [-0.15, -0.1) is 0 Å². The second-order valence-corrected chi connectivity index (χ2v) is 5.90. The summed E-state index contributed by atoms with van der Waals surface area (Å²) < 4.78 is 20.9. The fraction of sp³-hybridized carbons (Fsp3) is 0.200. The van der Waals surface area contributed by atoms with E-state index < -0.39 is 11.8 Å². The van der Waals surface area contributed by atoms with E-state index in [9.17, 15) is 9.18 Å². The molecule has 2 aromatic carbocycles. The number of aryl methyl sites for hydroxylation is 3. The van der Waals surface area contributed by atoms with Gasteiger partial charge in [-0.05, 0) is 44.0 Å². The Balaban J connectivity index is 2.00. The standard InChI is InChI=1S/C20H19FN2O2/c1-4-15-12-19(25-20(24)16-7-5-6-8-17(16)21)23(22-15)18-10-9-13(2)11-14(18)3/h5-12H,4H2,1-3H3. The molecule has 0 aliphatic rings. The van der Waals surface area contributed by atoms with Gasteiger partial charge in [0.15, 0.2) is 0 Å². The fourth-order valence-corrected chi connectivity index (χ4v) is 2.65. The Morgan fingerprint density at radius 2 is 1.92 bits per heavy atom. The number of nitrogens with zero attached hydrogens (tertiary/aromatic N) is 2. The SMILES string of the molecule is CCc1cc(OC(=O)c2ccccc2F)n(-c2ccc(C)cc2C)n1. The molecule has 0 N–H and O–H groups in total. The van der Waals surface area contributed by atoms with E-state index in [0.29, 0.717) is 6.42 Å². The van der Waals surface area contributed by atoms with E-state index in [0.717, 1.165) is 22.5 Å². The smallest absolute Gasteiger partial charge is 0.347 e. The maximum Gasteiger partial charge on any atom is 0.347 e. The molecule has 1 aromatic heterocycles. The summed E-state index contributed by atoms with van der Waals surface area (Å²) in [6, 6.07) is 13.4. The summed E-state index contributed by atoms with van der Waals surface area (Å²) >= 11 is 0. The molecule has 0 saturated carbocycles. The highest BCUT2D eigenvalue weighted by atomic mass is 19.1. The number of hydrogen-bond acceptors (Lipinski definition) is 3. The molecular weight excluding hydrogens is 319 g/mol. The van der Waals surface area contributed by atoms with E-state index in [1.807, 2.05) is 39.0 Å². The minimum absolute atomic E-state index is 0.103. The monoisotopic (exact) mass is 338 g/mol. The number of carbonyl (C=O) groups is 1. The lowest BCUT2D eigenvalue weighted by atomic mass is 10.1. The minimum Gasteiger partial charge on any atom is -0.404 e. The van der Waals surface area contributed by atoms with Crippen molar-refractivity contribution in [3.8, 4) is 11.6 Å². The summed E-state index contributed by atoms with van der Waals surface area (Å²) in [5.41, 5.74) is 3.65. The first kappa shape index (κ1) is 16.9. The van der Waals surface area contributed by atoms with E-state index in [2.05, 4.69) is 5.10 Å². The molecule has 0 amide bonds. The van der Waals surface area contributed by atoms with E-state index >= 15 is 0 Å². The number of rotatable bonds is 4. The molecule has 0 fully saturated rings. The molecule has 0 aliphatic carbocycles. The Morgan fingerprint density at radius 1 is 1.16 bits per heavy atom. The molecule has 0 unspecified atom stereocenters. The normalized spacial score (nSPS) is 10.7. The van der Waals surface area contributed by atoms with Gasteiger partial charge in [-0.3, -0.25) is 0 Å². The molecule has 5 heteroatoms. The molecule has 0 atom stereocenters. The highest BCUT2D eigenvalue weighted by Gasteiger charge is 2.18. The van der Waals surface area contributed by atoms with Crippen LogP contribution in [0.1, 0.15) is 34.1 Å². The zero-order chi connectivity index (χ0) is 18.0. The summed E-state index contributed by atoms with van der Waals surface area (Å²) in [6.07, 6.45) is 0.697. The van der Waals surface area contributed by atoms with E-state index in [4.69, 9.17) is 4.74 Å². The number of hydrogen-bond donors (Lipinski definition) is 0. The van der Waals surface area contributed by atoms with Crippen LogP contribution in [0.2, 0.25) is 0 Å². The second kappa shape index (κ2) is 6.89. The summed E-state index contributed by atoms with van der Waals surface area (Å²) in [6.45, 7) is 5.95. The number of halogens is 1. The van der Waals surface area contributed by atoms with Crippen LogP contribution in [0.15, 0.2) is 48.5 Å². The van der Waals surface area contributed by atoms with E-state index in [1.54, 1.807) is 16.8 Å². The van der Waals surface area contributed by atoms with Gasteiger partial charge in [-0.25, -0.2) is 13.9 Å². The number of ether oxygens (including phenoxy) is 1. The van der Waals surface area contributed by atoms with Crippen molar-refractivity contribution in [3.63, 3.8) is 0 Å². The molecule has 0 spiro atoms. The number of benzene rings is 2. The zero-order valence-electron chi connectivity index (χ0n) is 14.4. The predicted molar refractivity (Wildman–Crippen MR) is 93.8 cm³/mol. The first-order valence-corrected chi connectivity index (χ1v) is 8.13. The number of carbonyl (C=O) groups excluding carboxylic acids is 1. The lowest BCUT2D eigenvalue weighted by Crippen LogP contribution is -2.13. The molecule has 3 aromatic rings. The van der Waals surface area contributed by atoms with Crippen LogP contribution < -0.4 is 4.74 Å². The average Bonchev–Trinajstić information content (AvgIpc) is 2.98. The fourth-order valence-electron chi connectivity index (χ4n) is 2.65. The highest BCUT2D eigenvalue weighted by molar-refractivity contribution is 5.91. The Hall–Kier alpha value is -2.95. The molecule has 0 radical (unpaired) electrons. The van der Waals surface area contributed by atoms with E-state index in [1.165, 1.54) is 18.2 Å². The van der Waals surface area contributed by atoms with E-state index in [-0.39, 0.29) is 11.4 Å². The van der Waals surface area contributed by atoms with Crippen molar-refractivity contribution in [2.45, 2.75) is 27.2 Å². The molecule has 3 rings (SSSR count). The topological polar surface area (TPSA) is 44.1 Å². The van der Waals surface area contributed by atoms with Gasteiger partial charge in [0.2, 0.25) is 5.88 Å². The Bertz CT molecular complexity index is 931. The summed E-state index contributed by atoms with van der Waals surface area (Å²) in [4.78, 5) is 12.4. The highest BCUT2D eigenvalue weighted by Crippen LogP contribution is 2.24. The summed E-state index contributed by atoms with van der Waals surface area (Å²) in [5.74, 6) is -1.08. The van der Waals surface area contributed by atoms with Crippen molar-refractivity contribution in [2.24, 2.45) is 0 Å². The van der Waals surface area contributed by atoms with Crippen molar-refractivity contribution in [1.82, 2.24) is 9.78 Å². The predicted octanol–water partition coefficient (Wildman–Crippen LogP) is 4.41. The number of esters is 1. The van der Waals surface area contributed by atoms with Gasteiger partial charge in [0.1, 0.15) is 5.82 Å². The summed E-state index contributed by atoms with van der Waals surface area (Å²) in [5, 5.41) is 4.50. The van der Waals surface area contributed by atoms with Crippen LogP contribution in [0.4, 0.5) is 4.39 Å². The summed E-state index contributed by atoms with van der Waals surface area (Å²) in [7, 11) is 0. The molecule has 25 heavy (non-hydrogen) atoms. The molecular formula is C20H19FN2O2. The van der Waals surface area contributed by atoms with Gasteiger partial charge in [0, 0.05) is 6.07 Å².